The molecule has 2 aromatic rings. The molecule has 0 aliphatic carbocycles. The van der Waals surface area contributed by atoms with Gasteiger partial charge in [0.2, 0.25) is 0 Å². The lowest BCUT2D eigenvalue weighted by molar-refractivity contribution is 0.169. The average Bonchev–Trinajstić information content (AvgIpc) is 2.90. The summed E-state index contributed by atoms with van der Waals surface area (Å²) >= 11 is 0. The van der Waals surface area contributed by atoms with Crippen LogP contribution in [0.15, 0.2) is 6.07 Å². The molecule has 0 saturated carbocycles. The van der Waals surface area contributed by atoms with Crippen LogP contribution in [0.3, 0.4) is 0 Å². The van der Waals surface area contributed by atoms with E-state index in [9.17, 15) is 0 Å². The minimum atomic E-state index is 0.844. The van der Waals surface area contributed by atoms with Crippen LogP contribution in [-0.4, -0.2) is 65.9 Å². The van der Waals surface area contributed by atoms with Crippen molar-refractivity contribution < 1.29 is 4.74 Å². The van der Waals surface area contributed by atoms with Crippen LogP contribution >= 0.6 is 0 Å². The standard InChI is InChI=1S/C18H29N5O/c1-5-16-13-17(23-18(19-16)14(2)15(3)20-23)22-10-8-21(9-11-22)7-6-12-24-4/h13H,5-12H2,1-4H3. The molecule has 0 radical (unpaired) electrons. The SMILES string of the molecule is CCc1cc(N2CCN(CCCOC)CC2)n2nc(C)c(C)c2n1. The molecule has 6 heteroatoms. The lowest BCUT2D eigenvalue weighted by Crippen LogP contribution is -2.47. The minimum absolute atomic E-state index is 0.844. The van der Waals surface area contributed by atoms with E-state index in [2.05, 4.69) is 36.6 Å². The van der Waals surface area contributed by atoms with E-state index in [-0.39, 0.29) is 0 Å². The molecule has 0 amide bonds. The summed E-state index contributed by atoms with van der Waals surface area (Å²) in [6, 6.07) is 2.21. The first kappa shape index (κ1) is 17.2. The minimum Gasteiger partial charge on any atom is -0.385 e. The third kappa shape index (κ3) is 3.39. The molecule has 3 heterocycles. The molecule has 0 unspecified atom stereocenters. The van der Waals surface area contributed by atoms with E-state index in [1.807, 2.05) is 4.52 Å². The van der Waals surface area contributed by atoms with E-state index >= 15 is 0 Å². The summed E-state index contributed by atoms with van der Waals surface area (Å²) in [7, 11) is 1.77. The van der Waals surface area contributed by atoms with Gasteiger partial charge in [0.1, 0.15) is 5.82 Å². The highest BCUT2D eigenvalue weighted by Gasteiger charge is 2.21. The van der Waals surface area contributed by atoms with Crippen molar-refractivity contribution in [2.45, 2.75) is 33.6 Å². The van der Waals surface area contributed by atoms with Crippen LogP contribution in [0, 0.1) is 13.8 Å². The molecule has 132 valence electrons. The van der Waals surface area contributed by atoms with Gasteiger partial charge >= 0.3 is 0 Å². The largest absolute Gasteiger partial charge is 0.385 e. The van der Waals surface area contributed by atoms with Gasteiger partial charge in [-0.1, -0.05) is 6.92 Å². The van der Waals surface area contributed by atoms with E-state index in [0.717, 1.165) is 69.2 Å². The molecule has 3 rings (SSSR count). The zero-order valence-electron chi connectivity index (χ0n) is 15.4. The average molecular weight is 331 g/mol. The van der Waals surface area contributed by atoms with Gasteiger partial charge in [-0.15, -0.1) is 0 Å². The Balaban J connectivity index is 1.79. The van der Waals surface area contributed by atoms with Crippen molar-refractivity contribution in [1.29, 1.82) is 0 Å². The van der Waals surface area contributed by atoms with Crippen LogP contribution in [0.2, 0.25) is 0 Å². The van der Waals surface area contributed by atoms with E-state index in [1.165, 1.54) is 11.4 Å². The molecule has 6 nitrogen and oxygen atoms in total. The van der Waals surface area contributed by atoms with E-state index in [4.69, 9.17) is 14.8 Å². The van der Waals surface area contributed by atoms with Crippen LogP contribution in [0.1, 0.15) is 30.3 Å². The lowest BCUT2D eigenvalue weighted by Gasteiger charge is -2.36. The van der Waals surface area contributed by atoms with Crippen molar-refractivity contribution in [3.05, 3.63) is 23.0 Å². The van der Waals surface area contributed by atoms with Gasteiger partial charge in [-0.3, -0.25) is 4.90 Å². The van der Waals surface area contributed by atoms with Gasteiger partial charge in [-0.25, -0.2) is 4.98 Å². The first-order chi connectivity index (χ1) is 11.6. The Hall–Kier alpha value is -1.66. The summed E-state index contributed by atoms with van der Waals surface area (Å²) in [4.78, 5) is 9.76. The van der Waals surface area contributed by atoms with Crippen molar-refractivity contribution in [2.75, 3.05) is 51.3 Å². The molecule has 1 aliphatic rings. The smallest absolute Gasteiger partial charge is 0.160 e. The van der Waals surface area contributed by atoms with E-state index < -0.39 is 0 Å². The predicted molar refractivity (Wildman–Crippen MR) is 97.0 cm³/mol. The number of aromatic nitrogens is 3. The fraction of sp³-hybridized carbons (Fsp3) is 0.667. The molecule has 0 aromatic carbocycles. The molecule has 1 aliphatic heterocycles. The van der Waals surface area contributed by atoms with Crippen molar-refractivity contribution in [3.63, 3.8) is 0 Å². The molecule has 0 N–H and O–H groups in total. The fourth-order valence-corrected chi connectivity index (χ4v) is 3.30. The number of ether oxygens (including phenoxy) is 1. The summed E-state index contributed by atoms with van der Waals surface area (Å²) < 4.78 is 7.19. The maximum absolute atomic E-state index is 5.15. The Morgan fingerprint density at radius 1 is 1.17 bits per heavy atom. The third-order valence-electron chi connectivity index (χ3n) is 4.97. The summed E-state index contributed by atoms with van der Waals surface area (Å²) in [5.41, 5.74) is 4.40. The zero-order valence-corrected chi connectivity index (χ0v) is 15.4. The number of fused-ring (bicyclic) bond motifs is 1. The lowest BCUT2D eigenvalue weighted by atomic mass is 10.2. The van der Waals surface area contributed by atoms with Crippen LogP contribution in [0.25, 0.3) is 5.65 Å². The molecule has 2 aromatic heterocycles. The topological polar surface area (TPSA) is 45.9 Å². The molecular weight excluding hydrogens is 302 g/mol. The number of piperazine rings is 1. The van der Waals surface area contributed by atoms with Crippen molar-refractivity contribution in [1.82, 2.24) is 19.5 Å². The second-order valence-electron chi connectivity index (χ2n) is 6.58. The zero-order chi connectivity index (χ0) is 17.1. The Morgan fingerprint density at radius 3 is 2.58 bits per heavy atom. The maximum Gasteiger partial charge on any atom is 0.160 e. The van der Waals surface area contributed by atoms with Gasteiger partial charge in [-0.05, 0) is 26.7 Å². The Kier molecular flexibility index (Phi) is 5.36. The molecule has 24 heavy (non-hydrogen) atoms. The van der Waals surface area contributed by atoms with Gasteiger partial charge in [0.05, 0.1) is 5.69 Å². The number of hydrogen-bond donors (Lipinski definition) is 0. The second kappa shape index (κ2) is 7.49. The second-order valence-corrected chi connectivity index (χ2v) is 6.58. The number of nitrogens with zero attached hydrogens (tertiary/aromatic N) is 5. The Labute approximate surface area is 144 Å². The van der Waals surface area contributed by atoms with Gasteiger partial charge < -0.3 is 9.64 Å². The predicted octanol–water partition coefficient (Wildman–Crippen LogP) is 2.07. The quantitative estimate of drug-likeness (QED) is 0.758. The van der Waals surface area contributed by atoms with Crippen LogP contribution in [0.4, 0.5) is 5.82 Å². The summed E-state index contributed by atoms with van der Waals surface area (Å²) in [5, 5.41) is 4.73. The number of rotatable bonds is 6. The first-order valence-electron chi connectivity index (χ1n) is 8.96. The van der Waals surface area contributed by atoms with Crippen molar-refractivity contribution in [2.24, 2.45) is 0 Å². The van der Waals surface area contributed by atoms with Gasteiger partial charge in [0, 0.05) is 63.8 Å². The normalized spacial score (nSPS) is 16.2. The molecule has 0 atom stereocenters. The highest BCUT2D eigenvalue weighted by molar-refractivity contribution is 5.57. The monoisotopic (exact) mass is 331 g/mol. The van der Waals surface area contributed by atoms with Crippen LogP contribution in [0.5, 0.6) is 0 Å². The van der Waals surface area contributed by atoms with Crippen LogP contribution in [-0.2, 0) is 11.2 Å². The van der Waals surface area contributed by atoms with Crippen LogP contribution < -0.4 is 4.90 Å². The van der Waals surface area contributed by atoms with E-state index in [1.54, 1.807) is 7.11 Å². The number of anilines is 1. The highest BCUT2D eigenvalue weighted by atomic mass is 16.5. The fourth-order valence-electron chi connectivity index (χ4n) is 3.30. The summed E-state index contributed by atoms with van der Waals surface area (Å²) in [6.07, 6.45) is 2.05. The Morgan fingerprint density at radius 2 is 1.92 bits per heavy atom. The Bertz CT molecular complexity index is 688. The molecule has 0 bridgehead atoms. The summed E-state index contributed by atoms with van der Waals surface area (Å²) in [5.74, 6) is 1.18. The van der Waals surface area contributed by atoms with Crippen molar-refractivity contribution in [3.8, 4) is 0 Å². The molecule has 1 saturated heterocycles. The van der Waals surface area contributed by atoms with Gasteiger partial charge in [-0.2, -0.15) is 9.61 Å². The maximum atomic E-state index is 5.15. The molecule has 0 spiro atoms. The highest BCUT2D eigenvalue weighted by Crippen LogP contribution is 2.23. The van der Waals surface area contributed by atoms with Gasteiger partial charge in [0.15, 0.2) is 5.65 Å². The number of hydrogen-bond acceptors (Lipinski definition) is 5. The summed E-state index contributed by atoms with van der Waals surface area (Å²) in [6.45, 7) is 12.6. The van der Waals surface area contributed by atoms with Gasteiger partial charge in [0.25, 0.3) is 0 Å². The first-order valence-corrected chi connectivity index (χ1v) is 8.96. The molecular formula is C18H29N5O. The van der Waals surface area contributed by atoms with E-state index in [0.29, 0.717) is 0 Å². The number of aryl methyl sites for hydroxylation is 3. The molecule has 1 fully saturated rings. The third-order valence-corrected chi connectivity index (χ3v) is 4.97. The van der Waals surface area contributed by atoms with Crippen molar-refractivity contribution >= 4 is 11.5 Å². The number of methoxy groups -OCH3 is 1.